The third-order valence-electron chi connectivity index (χ3n) is 3.49. The number of carbonyl (C=O) groups excluding carboxylic acids is 1. The first kappa shape index (κ1) is 14.5. The molecule has 0 radical (unpaired) electrons. The van der Waals surface area contributed by atoms with Gasteiger partial charge in [-0.15, -0.1) is 0 Å². The van der Waals surface area contributed by atoms with E-state index in [9.17, 15) is 4.79 Å². The van der Waals surface area contributed by atoms with Gasteiger partial charge in [-0.25, -0.2) is 0 Å². The van der Waals surface area contributed by atoms with E-state index in [1.54, 1.807) is 11.3 Å². The van der Waals surface area contributed by atoms with Gasteiger partial charge in [0.15, 0.2) is 0 Å². The molecule has 0 atom stereocenters. The molecule has 0 aliphatic heterocycles. The Labute approximate surface area is 134 Å². The van der Waals surface area contributed by atoms with Gasteiger partial charge >= 0.3 is 0 Å². The monoisotopic (exact) mass is 307 g/mol. The van der Waals surface area contributed by atoms with Gasteiger partial charge in [0.25, 0.3) is 0 Å². The molecule has 0 saturated carbocycles. The van der Waals surface area contributed by atoms with Crippen LogP contribution in [0, 0.1) is 0 Å². The summed E-state index contributed by atoms with van der Waals surface area (Å²) in [7, 11) is 0. The predicted molar refractivity (Wildman–Crippen MR) is 92.1 cm³/mol. The number of para-hydroxylation sites is 1. The lowest BCUT2D eigenvalue weighted by Gasteiger charge is -2.23. The van der Waals surface area contributed by atoms with E-state index in [0.29, 0.717) is 13.0 Å². The number of rotatable bonds is 5. The Balaban J connectivity index is 1.84. The number of carbonyl (C=O) groups is 1. The molecular formula is C19H17NOS. The van der Waals surface area contributed by atoms with E-state index in [4.69, 9.17) is 0 Å². The van der Waals surface area contributed by atoms with Crippen LogP contribution >= 0.6 is 11.3 Å². The van der Waals surface area contributed by atoms with E-state index in [0.717, 1.165) is 16.8 Å². The van der Waals surface area contributed by atoms with Crippen molar-refractivity contribution in [1.29, 1.82) is 0 Å². The predicted octanol–water partition coefficient (Wildman–Crippen LogP) is 4.52. The van der Waals surface area contributed by atoms with Crippen molar-refractivity contribution in [2.75, 3.05) is 4.90 Å². The van der Waals surface area contributed by atoms with Crippen molar-refractivity contribution in [3.05, 3.63) is 88.6 Å². The number of anilines is 1. The van der Waals surface area contributed by atoms with Crippen LogP contribution in [0.25, 0.3) is 0 Å². The minimum atomic E-state index is 0.119. The van der Waals surface area contributed by atoms with E-state index in [-0.39, 0.29) is 5.91 Å². The molecule has 1 amide bonds. The Morgan fingerprint density at radius 3 is 2.18 bits per heavy atom. The third kappa shape index (κ3) is 3.62. The Morgan fingerprint density at radius 1 is 0.864 bits per heavy atom. The van der Waals surface area contributed by atoms with E-state index in [1.165, 1.54) is 0 Å². The molecule has 3 aromatic rings. The highest BCUT2D eigenvalue weighted by atomic mass is 32.1. The molecule has 1 heterocycles. The molecule has 0 spiro atoms. The van der Waals surface area contributed by atoms with Crippen molar-refractivity contribution in [2.24, 2.45) is 0 Å². The second-order valence-electron chi connectivity index (χ2n) is 5.11. The van der Waals surface area contributed by atoms with Gasteiger partial charge in [-0.1, -0.05) is 48.5 Å². The molecule has 3 heteroatoms. The van der Waals surface area contributed by atoms with Gasteiger partial charge < -0.3 is 4.90 Å². The number of hydrogen-bond acceptors (Lipinski definition) is 2. The van der Waals surface area contributed by atoms with Crippen molar-refractivity contribution in [1.82, 2.24) is 0 Å². The van der Waals surface area contributed by atoms with E-state index in [1.807, 2.05) is 82.4 Å². The van der Waals surface area contributed by atoms with E-state index >= 15 is 0 Å². The molecule has 0 saturated heterocycles. The largest absolute Gasteiger partial charge is 0.308 e. The number of hydrogen-bond donors (Lipinski definition) is 0. The normalized spacial score (nSPS) is 10.4. The van der Waals surface area contributed by atoms with Crippen molar-refractivity contribution >= 4 is 22.9 Å². The minimum Gasteiger partial charge on any atom is -0.308 e. The standard InChI is InChI=1S/C19H17NOS/c21-19(13-17-11-12-22-15-17)20(18-9-5-2-6-10-18)14-16-7-3-1-4-8-16/h1-12,15H,13-14H2. The van der Waals surface area contributed by atoms with Crippen molar-refractivity contribution < 1.29 is 4.79 Å². The first-order chi connectivity index (χ1) is 10.8. The summed E-state index contributed by atoms with van der Waals surface area (Å²) in [4.78, 5) is 14.6. The molecular weight excluding hydrogens is 290 g/mol. The van der Waals surface area contributed by atoms with Crippen LogP contribution in [-0.4, -0.2) is 5.91 Å². The maximum absolute atomic E-state index is 12.7. The summed E-state index contributed by atoms with van der Waals surface area (Å²) in [6, 6.07) is 22.0. The fraction of sp³-hybridized carbons (Fsp3) is 0.105. The van der Waals surface area contributed by atoms with Gasteiger partial charge in [0.1, 0.15) is 0 Å². The average molecular weight is 307 g/mol. The molecule has 0 fully saturated rings. The zero-order valence-electron chi connectivity index (χ0n) is 12.2. The van der Waals surface area contributed by atoms with Crippen LogP contribution in [-0.2, 0) is 17.8 Å². The van der Waals surface area contributed by atoms with Gasteiger partial charge in [-0.3, -0.25) is 4.79 Å². The van der Waals surface area contributed by atoms with Crippen LogP contribution in [0.15, 0.2) is 77.5 Å². The summed E-state index contributed by atoms with van der Waals surface area (Å²) in [5.74, 6) is 0.119. The number of amides is 1. The molecule has 0 N–H and O–H groups in total. The highest BCUT2D eigenvalue weighted by Crippen LogP contribution is 2.19. The van der Waals surface area contributed by atoms with Gasteiger partial charge in [0, 0.05) is 5.69 Å². The maximum atomic E-state index is 12.7. The van der Waals surface area contributed by atoms with E-state index in [2.05, 4.69) is 0 Å². The summed E-state index contributed by atoms with van der Waals surface area (Å²) in [5, 5.41) is 4.04. The molecule has 2 aromatic carbocycles. The lowest BCUT2D eigenvalue weighted by molar-refractivity contribution is -0.118. The SMILES string of the molecule is O=C(Cc1ccsc1)N(Cc1ccccc1)c1ccccc1. The van der Waals surface area contributed by atoms with E-state index < -0.39 is 0 Å². The molecule has 0 aliphatic rings. The molecule has 22 heavy (non-hydrogen) atoms. The Morgan fingerprint density at radius 2 is 1.55 bits per heavy atom. The lowest BCUT2D eigenvalue weighted by atomic mass is 10.1. The average Bonchev–Trinajstić information content (AvgIpc) is 3.07. The van der Waals surface area contributed by atoms with Crippen LogP contribution < -0.4 is 4.90 Å². The highest BCUT2D eigenvalue weighted by Gasteiger charge is 2.16. The molecule has 2 nitrogen and oxygen atoms in total. The molecule has 1 aromatic heterocycles. The highest BCUT2D eigenvalue weighted by molar-refractivity contribution is 7.08. The lowest BCUT2D eigenvalue weighted by Crippen LogP contribution is -2.31. The van der Waals surface area contributed by atoms with Gasteiger partial charge in [0.05, 0.1) is 13.0 Å². The van der Waals surface area contributed by atoms with Crippen LogP contribution in [0.1, 0.15) is 11.1 Å². The number of thiophene rings is 1. The fourth-order valence-electron chi connectivity index (χ4n) is 2.36. The second kappa shape index (κ2) is 7.05. The van der Waals surface area contributed by atoms with Gasteiger partial charge in [-0.2, -0.15) is 11.3 Å². The van der Waals surface area contributed by atoms with Crippen LogP contribution in [0.3, 0.4) is 0 Å². The third-order valence-corrected chi connectivity index (χ3v) is 4.22. The number of benzene rings is 2. The van der Waals surface area contributed by atoms with Gasteiger partial charge in [-0.05, 0) is 40.1 Å². The smallest absolute Gasteiger partial charge is 0.231 e. The molecule has 110 valence electrons. The van der Waals surface area contributed by atoms with Crippen LogP contribution in [0.5, 0.6) is 0 Å². The van der Waals surface area contributed by atoms with Crippen LogP contribution in [0.2, 0.25) is 0 Å². The zero-order chi connectivity index (χ0) is 15.2. The molecule has 0 bridgehead atoms. The minimum absolute atomic E-state index is 0.119. The summed E-state index contributed by atoms with van der Waals surface area (Å²) in [6.07, 6.45) is 0.436. The first-order valence-corrected chi connectivity index (χ1v) is 8.17. The van der Waals surface area contributed by atoms with Gasteiger partial charge in [0.2, 0.25) is 5.91 Å². The molecule has 0 unspecified atom stereocenters. The molecule has 0 aliphatic carbocycles. The van der Waals surface area contributed by atoms with Crippen LogP contribution in [0.4, 0.5) is 5.69 Å². The fourth-order valence-corrected chi connectivity index (χ4v) is 3.03. The summed E-state index contributed by atoms with van der Waals surface area (Å²) in [5.41, 5.74) is 3.14. The molecule has 3 rings (SSSR count). The maximum Gasteiger partial charge on any atom is 0.231 e. The summed E-state index contributed by atoms with van der Waals surface area (Å²) >= 11 is 1.62. The second-order valence-corrected chi connectivity index (χ2v) is 5.89. The quantitative estimate of drug-likeness (QED) is 0.678. The Kier molecular flexibility index (Phi) is 4.66. The zero-order valence-corrected chi connectivity index (χ0v) is 13.0. The number of nitrogens with zero attached hydrogens (tertiary/aromatic N) is 1. The topological polar surface area (TPSA) is 20.3 Å². The Hall–Kier alpha value is -2.39. The Bertz CT molecular complexity index is 708. The first-order valence-electron chi connectivity index (χ1n) is 7.23. The van der Waals surface area contributed by atoms with Crippen molar-refractivity contribution in [3.8, 4) is 0 Å². The summed E-state index contributed by atoms with van der Waals surface area (Å²) < 4.78 is 0. The van der Waals surface area contributed by atoms with Crippen molar-refractivity contribution in [2.45, 2.75) is 13.0 Å². The summed E-state index contributed by atoms with van der Waals surface area (Å²) in [6.45, 7) is 0.591. The van der Waals surface area contributed by atoms with Crippen molar-refractivity contribution in [3.63, 3.8) is 0 Å².